The van der Waals surface area contributed by atoms with Gasteiger partial charge in [-0.05, 0) is 63.0 Å². The number of nitrogens with zero attached hydrogens (tertiary/aromatic N) is 6. The molecule has 2 fully saturated rings. The minimum absolute atomic E-state index is 0.222. The molecule has 3 aromatic rings. The van der Waals surface area contributed by atoms with Gasteiger partial charge in [-0.2, -0.15) is 0 Å². The van der Waals surface area contributed by atoms with Gasteiger partial charge in [0.15, 0.2) is 0 Å². The molecule has 2 saturated heterocycles. The molecule has 0 aliphatic carbocycles. The summed E-state index contributed by atoms with van der Waals surface area (Å²) in [7, 11) is 1.87. The fraction of sp³-hybridized carbons (Fsp3) is 0.444. The number of anilines is 2. The van der Waals surface area contributed by atoms with Gasteiger partial charge >= 0.3 is 0 Å². The molecule has 0 amide bonds. The summed E-state index contributed by atoms with van der Waals surface area (Å²) in [6, 6.07) is 6.66. The molecular formula is C27H34FN7. The lowest BCUT2D eigenvalue weighted by Crippen LogP contribution is -2.35. The van der Waals surface area contributed by atoms with Crippen molar-refractivity contribution in [3.63, 3.8) is 0 Å². The van der Waals surface area contributed by atoms with Gasteiger partial charge < -0.3 is 19.7 Å². The minimum atomic E-state index is -0.222. The Bertz CT molecular complexity index is 1140. The third-order valence-electron chi connectivity index (χ3n) is 7.27. The average Bonchev–Trinajstić information content (AvgIpc) is 3.57. The first-order valence-electron chi connectivity index (χ1n) is 12.6. The van der Waals surface area contributed by atoms with Crippen LogP contribution in [0.2, 0.25) is 0 Å². The van der Waals surface area contributed by atoms with Crippen LogP contribution in [-0.4, -0.2) is 64.2 Å². The van der Waals surface area contributed by atoms with Gasteiger partial charge in [-0.25, -0.2) is 19.3 Å². The van der Waals surface area contributed by atoms with Gasteiger partial charge in [0.25, 0.3) is 0 Å². The molecule has 1 N–H and O–H groups in total. The lowest BCUT2D eigenvalue weighted by atomic mass is 9.95. The Balaban J connectivity index is 1.36. The number of hydrogen-bond acceptors (Lipinski definition) is 6. The predicted molar refractivity (Wildman–Crippen MR) is 139 cm³/mol. The molecule has 2 aliphatic rings. The standard InChI is InChI=1S/C27H34FN7/c1-3-23-25(29-2)30-19-31-27(23)34-14-10-21(11-15-34)26-32-24(20-6-8-22(28)9-7-20)18-35(26)17-16-33-12-4-5-13-33/h3,6-9,18-19,21H,1,4-5,10-17H2,2H3,(H,29,30,31). The van der Waals surface area contributed by atoms with Crippen molar-refractivity contribution >= 4 is 17.7 Å². The number of imidazole rings is 1. The number of likely N-dealkylation sites (tertiary alicyclic amines) is 1. The zero-order valence-corrected chi connectivity index (χ0v) is 20.5. The number of aromatic nitrogens is 4. The van der Waals surface area contributed by atoms with E-state index in [4.69, 9.17) is 4.98 Å². The van der Waals surface area contributed by atoms with Crippen molar-refractivity contribution in [3.05, 3.63) is 60.6 Å². The number of hydrogen-bond donors (Lipinski definition) is 1. The molecule has 0 atom stereocenters. The first-order valence-corrected chi connectivity index (χ1v) is 12.6. The largest absolute Gasteiger partial charge is 0.372 e. The van der Waals surface area contributed by atoms with E-state index in [0.29, 0.717) is 5.92 Å². The average molecular weight is 476 g/mol. The van der Waals surface area contributed by atoms with E-state index in [2.05, 4.69) is 42.4 Å². The van der Waals surface area contributed by atoms with Crippen molar-refractivity contribution in [2.75, 3.05) is 50.0 Å². The van der Waals surface area contributed by atoms with Gasteiger partial charge in [0.1, 0.15) is 29.6 Å². The summed E-state index contributed by atoms with van der Waals surface area (Å²) >= 11 is 0. The van der Waals surface area contributed by atoms with Crippen molar-refractivity contribution in [2.24, 2.45) is 0 Å². The summed E-state index contributed by atoms with van der Waals surface area (Å²) in [5.74, 6) is 3.03. The van der Waals surface area contributed by atoms with Gasteiger partial charge in [-0.3, -0.25) is 0 Å². The Morgan fingerprint density at radius 3 is 2.49 bits per heavy atom. The van der Waals surface area contributed by atoms with Crippen molar-refractivity contribution in [2.45, 2.75) is 38.1 Å². The SMILES string of the molecule is C=Cc1c(NC)ncnc1N1CCC(c2nc(-c3ccc(F)cc3)cn2CCN2CCCC2)CC1. The Morgan fingerprint density at radius 2 is 1.80 bits per heavy atom. The van der Waals surface area contributed by atoms with Crippen LogP contribution < -0.4 is 10.2 Å². The molecule has 5 rings (SSSR count). The highest BCUT2D eigenvalue weighted by molar-refractivity contribution is 5.72. The molecule has 7 nitrogen and oxygen atoms in total. The van der Waals surface area contributed by atoms with Crippen LogP contribution in [0.4, 0.5) is 16.0 Å². The van der Waals surface area contributed by atoms with Crippen molar-refractivity contribution in [3.8, 4) is 11.3 Å². The van der Waals surface area contributed by atoms with Gasteiger partial charge in [0.05, 0.1) is 11.3 Å². The van der Waals surface area contributed by atoms with Crippen LogP contribution >= 0.6 is 0 Å². The number of halogens is 1. The summed E-state index contributed by atoms with van der Waals surface area (Å²) in [4.78, 5) is 18.8. The lowest BCUT2D eigenvalue weighted by Gasteiger charge is -2.33. The maximum absolute atomic E-state index is 13.5. The van der Waals surface area contributed by atoms with Gasteiger partial charge in [-0.15, -0.1) is 0 Å². The van der Waals surface area contributed by atoms with Crippen LogP contribution in [0.5, 0.6) is 0 Å². The van der Waals surface area contributed by atoms with E-state index in [1.165, 1.54) is 38.1 Å². The molecule has 2 aliphatic heterocycles. The molecular weight excluding hydrogens is 441 g/mol. The second-order valence-electron chi connectivity index (χ2n) is 9.41. The van der Waals surface area contributed by atoms with Crippen LogP contribution in [0.25, 0.3) is 17.3 Å². The van der Waals surface area contributed by atoms with Crippen LogP contribution in [0, 0.1) is 5.82 Å². The molecule has 4 heterocycles. The van der Waals surface area contributed by atoms with Gasteiger partial charge in [0.2, 0.25) is 0 Å². The molecule has 8 heteroatoms. The summed E-state index contributed by atoms with van der Waals surface area (Å²) in [5.41, 5.74) is 2.83. The Hall–Kier alpha value is -3.26. The van der Waals surface area contributed by atoms with Gasteiger partial charge in [-0.1, -0.05) is 12.7 Å². The quantitative estimate of drug-likeness (QED) is 0.512. The summed E-state index contributed by atoms with van der Waals surface area (Å²) in [5, 5.41) is 3.14. The van der Waals surface area contributed by atoms with E-state index in [1.54, 1.807) is 6.33 Å². The second-order valence-corrected chi connectivity index (χ2v) is 9.41. The monoisotopic (exact) mass is 475 g/mol. The molecule has 184 valence electrons. The highest BCUT2D eigenvalue weighted by Gasteiger charge is 2.27. The van der Waals surface area contributed by atoms with Crippen LogP contribution in [-0.2, 0) is 6.54 Å². The summed E-state index contributed by atoms with van der Waals surface area (Å²) in [6.07, 6.45) is 10.2. The summed E-state index contributed by atoms with van der Waals surface area (Å²) in [6.45, 7) is 10.1. The molecule has 0 spiro atoms. The Morgan fingerprint density at radius 1 is 1.06 bits per heavy atom. The van der Waals surface area contributed by atoms with E-state index in [9.17, 15) is 4.39 Å². The lowest BCUT2D eigenvalue weighted by molar-refractivity contribution is 0.317. The number of rotatable bonds is 8. The Labute approximate surface area is 206 Å². The maximum Gasteiger partial charge on any atom is 0.141 e. The van der Waals surface area contributed by atoms with E-state index in [0.717, 1.165) is 73.3 Å². The fourth-order valence-corrected chi connectivity index (χ4v) is 5.33. The summed E-state index contributed by atoms with van der Waals surface area (Å²) < 4.78 is 15.8. The van der Waals surface area contributed by atoms with Crippen LogP contribution in [0.3, 0.4) is 0 Å². The first kappa shape index (κ1) is 23.5. The van der Waals surface area contributed by atoms with Crippen LogP contribution in [0.15, 0.2) is 43.4 Å². The van der Waals surface area contributed by atoms with Crippen molar-refractivity contribution in [1.29, 1.82) is 0 Å². The molecule has 2 aromatic heterocycles. The van der Waals surface area contributed by atoms with E-state index in [1.807, 2.05) is 25.3 Å². The van der Waals surface area contributed by atoms with Gasteiger partial charge in [0, 0.05) is 50.9 Å². The molecule has 0 radical (unpaired) electrons. The van der Waals surface area contributed by atoms with E-state index < -0.39 is 0 Å². The second kappa shape index (κ2) is 10.6. The number of piperidine rings is 1. The highest BCUT2D eigenvalue weighted by atomic mass is 19.1. The van der Waals surface area contributed by atoms with Crippen molar-refractivity contribution in [1.82, 2.24) is 24.4 Å². The predicted octanol–water partition coefficient (Wildman–Crippen LogP) is 4.64. The topological polar surface area (TPSA) is 62.1 Å². The molecule has 0 saturated carbocycles. The third-order valence-corrected chi connectivity index (χ3v) is 7.27. The zero-order chi connectivity index (χ0) is 24.2. The molecule has 0 bridgehead atoms. The minimum Gasteiger partial charge on any atom is -0.372 e. The molecule has 1 aromatic carbocycles. The van der Waals surface area contributed by atoms with E-state index in [-0.39, 0.29) is 5.82 Å². The number of benzene rings is 1. The van der Waals surface area contributed by atoms with E-state index >= 15 is 0 Å². The first-order chi connectivity index (χ1) is 17.2. The molecule has 35 heavy (non-hydrogen) atoms. The van der Waals surface area contributed by atoms with Crippen molar-refractivity contribution < 1.29 is 4.39 Å². The fourth-order valence-electron chi connectivity index (χ4n) is 5.33. The smallest absolute Gasteiger partial charge is 0.141 e. The Kier molecular flexibility index (Phi) is 7.08. The maximum atomic E-state index is 13.5. The molecule has 0 unspecified atom stereocenters. The third kappa shape index (κ3) is 5.07. The highest BCUT2D eigenvalue weighted by Crippen LogP contribution is 2.33. The van der Waals surface area contributed by atoms with Crippen LogP contribution in [0.1, 0.15) is 43.0 Å². The number of nitrogens with one attached hydrogen (secondary N) is 1. The zero-order valence-electron chi connectivity index (χ0n) is 20.5. The normalized spacial score (nSPS) is 17.1.